The van der Waals surface area contributed by atoms with E-state index in [9.17, 15) is 9.59 Å². The van der Waals surface area contributed by atoms with E-state index in [0.717, 1.165) is 25.7 Å². The summed E-state index contributed by atoms with van der Waals surface area (Å²) in [5, 5.41) is 17.2. The van der Waals surface area contributed by atoms with Gasteiger partial charge in [0.2, 0.25) is 0 Å². The van der Waals surface area contributed by atoms with Crippen molar-refractivity contribution in [3.8, 4) is 0 Å². The van der Waals surface area contributed by atoms with Gasteiger partial charge in [-0.1, -0.05) is 284 Å². The molecule has 0 radical (unpaired) electrons. The van der Waals surface area contributed by atoms with Crippen LogP contribution in [0.2, 0.25) is 0 Å². The van der Waals surface area contributed by atoms with E-state index in [1.54, 1.807) is 0 Å². The van der Waals surface area contributed by atoms with Crippen molar-refractivity contribution in [2.45, 2.75) is 309 Å². The molecule has 0 rings (SSSR count). The fourth-order valence-corrected chi connectivity index (χ4v) is 7.77. The minimum absolute atomic E-state index is 0.346. The number of hydrogen-bond acceptors (Lipinski definition) is 2. The maximum atomic E-state index is 10.4. The molecule has 0 aromatic carbocycles. The molecule has 0 aromatic rings. The predicted molar refractivity (Wildman–Crippen MR) is 239 cm³/mol. The molecular formula is C50H100O4. The second kappa shape index (κ2) is 51.9. The lowest BCUT2D eigenvalue weighted by atomic mass is 10.0. The molecular weight excluding hydrogens is 665 g/mol. The third-order valence-corrected chi connectivity index (χ3v) is 11.5. The van der Waals surface area contributed by atoms with Crippen LogP contribution in [-0.4, -0.2) is 22.2 Å². The van der Waals surface area contributed by atoms with Crippen molar-refractivity contribution in [1.29, 1.82) is 0 Å². The van der Waals surface area contributed by atoms with E-state index in [4.69, 9.17) is 10.2 Å². The smallest absolute Gasteiger partial charge is 0.303 e. The quantitative estimate of drug-likeness (QED) is 0.0605. The van der Waals surface area contributed by atoms with Crippen LogP contribution in [0.5, 0.6) is 0 Å². The van der Waals surface area contributed by atoms with Gasteiger partial charge in [-0.3, -0.25) is 9.59 Å². The third-order valence-electron chi connectivity index (χ3n) is 11.5. The largest absolute Gasteiger partial charge is 0.481 e. The number of rotatable bonds is 46. The van der Waals surface area contributed by atoms with Gasteiger partial charge < -0.3 is 10.2 Å². The van der Waals surface area contributed by atoms with Gasteiger partial charge in [0.25, 0.3) is 0 Å². The lowest BCUT2D eigenvalue weighted by Gasteiger charge is -2.04. The lowest BCUT2D eigenvalue weighted by Crippen LogP contribution is -1.93. The highest BCUT2D eigenvalue weighted by Gasteiger charge is 2.00. The average Bonchev–Trinajstić information content (AvgIpc) is 3.15. The van der Waals surface area contributed by atoms with E-state index < -0.39 is 11.9 Å². The van der Waals surface area contributed by atoms with Crippen LogP contribution in [0.25, 0.3) is 0 Å². The first-order valence-electron chi connectivity index (χ1n) is 25.0. The second-order valence-electron chi connectivity index (χ2n) is 17.1. The number of carbonyl (C=O) groups is 2. The highest BCUT2D eigenvalue weighted by Crippen LogP contribution is 2.17. The molecule has 0 aromatic heterocycles. The zero-order chi connectivity index (χ0) is 39.7. The normalized spacial score (nSPS) is 11.1. The number of carboxylic acid groups (broad SMARTS) is 2. The fourth-order valence-electron chi connectivity index (χ4n) is 7.77. The molecule has 0 aliphatic carbocycles. The molecule has 54 heavy (non-hydrogen) atoms. The van der Waals surface area contributed by atoms with Crippen molar-refractivity contribution in [2.75, 3.05) is 0 Å². The Labute approximate surface area is 340 Å². The van der Waals surface area contributed by atoms with Gasteiger partial charge in [-0.05, 0) is 12.8 Å². The minimum atomic E-state index is -0.650. The molecule has 0 saturated carbocycles. The van der Waals surface area contributed by atoms with Crippen LogP contribution in [-0.2, 0) is 9.59 Å². The molecule has 0 aliphatic rings. The Hall–Kier alpha value is -1.06. The molecule has 2 N–H and O–H groups in total. The summed E-state index contributed by atoms with van der Waals surface area (Å²) >= 11 is 0. The molecule has 0 unspecified atom stereocenters. The highest BCUT2D eigenvalue weighted by molar-refractivity contribution is 5.66. The van der Waals surface area contributed by atoms with E-state index in [2.05, 4.69) is 13.8 Å². The number of carboxylic acids is 2. The summed E-state index contributed by atoms with van der Waals surface area (Å²) in [6.07, 6.45) is 61.1. The van der Waals surface area contributed by atoms with Crippen molar-refractivity contribution in [3.05, 3.63) is 0 Å². The first-order chi connectivity index (χ1) is 26.5. The van der Waals surface area contributed by atoms with Crippen LogP contribution in [0, 0.1) is 0 Å². The maximum absolute atomic E-state index is 10.4. The highest BCUT2D eigenvalue weighted by atomic mass is 16.4. The van der Waals surface area contributed by atoms with Crippen LogP contribution in [0.4, 0.5) is 0 Å². The topological polar surface area (TPSA) is 74.6 Å². The van der Waals surface area contributed by atoms with Gasteiger partial charge >= 0.3 is 11.9 Å². The van der Waals surface area contributed by atoms with Crippen molar-refractivity contribution >= 4 is 11.9 Å². The molecule has 4 heteroatoms. The van der Waals surface area contributed by atoms with Gasteiger partial charge in [-0.25, -0.2) is 0 Å². The zero-order valence-electron chi connectivity index (χ0n) is 37.2. The summed E-state index contributed by atoms with van der Waals surface area (Å²) in [6, 6.07) is 0. The van der Waals surface area contributed by atoms with Crippen molar-refractivity contribution in [3.63, 3.8) is 0 Å². The lowest BCUT2D eigenvalue weighted by molar-refractivity contribution is -0.138. The van der Waals surface area contributed by atoms with E-state index in [1.165, 1.54) is 257 Å². The van der Waals surface area contributed by atoms with E-state index >= 15 is 0 Å². The van der Waals surface area contributed by atoms with E-state index in [1.807, 2.05) is 0 Å². The summed E-state index contributed by atoms with van der Waals surface area (Å²) in [5.41, 5.74) is 0. The van der Waals surface area contributed by atoms with Crippen molar-refractivity contribution in [2.24, 2.45) is 0 Å². The molecule has 0 bridgehead atoms. The summed E-state index contributed by atoms with van der Waals surface area (Å²) in [4.78, 5) is 20.8. The molecule has 0 fully saturated rings. The Morgan fingerprint density at radius 1 is 0.222 bits per heavy atom. The molecule has 4 nitrogen and oxygen atoms in total. The molecule has 0 atom stereocenters. The van der Waals surface area contributed by atoms with Gasteiger partial charge in [-0.15, -0.1) is 0 Å². The number of unbranched alkanes of at least 4 members (excludes halogenated alkanes) is 42. The Morgan fingerprint density at radius 2 is 0.333 bits per heavy atom. The Kier molecular flexibility index (Phi) is 52.9. The molecule has 324 valence electrons. The maximum Gasteiger partial charge on any atom is 0.303 e. The van der Waals surface area contributed by atoms with Gasteiger partial charge in [-0.2, -0.15) is 0 Å². The first-order valence-corrected chi connectivity index (χ1v) is 25.0. The Bertz CT molecular complexity index is 634. The molecule has 0 heterocycles. The van der Waals surface area contributed by atoms with E-state index in [0.29, 0.717) is 12.8 Å². The molecule has 0 saturated heterocycles. The van der Waals surface area contributed by atoms with Gasteiger partial charge in [0.05, 0.1) is 0 Å². The number of aliphatic carboxylic acids is 2. The van der Waals surface area contributed by atoms with Crippen LogP contribution < -0.4 is 0 Å². The van der Waals surface area contributed by atoms with Crippen LogP contribution >= 0.6 is 0 Å². The van der Waals surface area contributed by atoms with Crippen molar-refractivity contribution in [1.82, 2.24) is 0 Å². The van der Waals surface area contributed by atoms with Gasteiger partial charge in [0.15, 0.2) is 0 Å². The summed E-state index contributed by atoms with van der Waals surface area (Å²) in [7, 11) is 0. The summed E-state index contributed by atoms with van der Waals surface area (Å²) < 4.78 is 0. The van der Waals surface area contributed by atoms with Crippen LogP contribution in [0.15, 0.2) is 0 Å². The summed E-state index contributed by atoms with van der Waals surface area (Å²) in [6.45, 7) is 4.58. The third kappa shape index (κ3) is 57.7. The zero-order valence-corrected chi connectivity index (χ0v) is 37.2. The SMILES string of the molecule is CCCCCCCCCCCCCCCCCCCCCCCCC(=O)O.CCCCCCCCCCCCCCCCCCCCCCCCC(=O)O. The number of hydrogen-bond donors (Lipinski definition) is 2. The van der Waals surface area contributed by atoms with Crippen LogP contribution in [0.1, 0.15) is 309 Å². The first kappa shape index (κ1) is 55.0. The minimum Gasteiger partial charge on any atom is -0.481 e. The van der Waals surface area contributed by atoms with Gasteiger partial charge in [0.1, 0.15) is 0 Å². The van der Waals surface area contributed by atoms with Gasteiger partial charge in [0, 0.05) is 12.8 Å². The fraction of sp³-hybridized carbons (Fsp3) is 0.960. The Balaban J connectivity index is 0. The average molecular weight is 765 g/mol. The Morgan fingerprint density at radius 3 is 0.444 bits per heavy atom. The molecule has 0 aliphatic heterocycles. The second-order valence-corrected chi connectivity index (χ2v) is 17.1. The summed E-state index contributed by atoms with van der Waals surface area (Å²) in [5.74, 6) is -1.30. The predicted octanol–water partition coefficient (Wildman–Crippen LogP) is 18.1. The van der Waals surface area contributed by atoms with Crippen molar-refractivity contribution < 1.29 is 19.8 Å². The van der Waals surface area contributed by atoms with Crippen LogP contribution in [0.3, 0.4) is 0 Å². The van der Waals surface area contributed by atoms with E-state index in [-0.39, 0.29) is 0 Å². The standard InChI is InChI=1S/2C25H50O2/c2*1-2-3-4-5-6-7-8-9-10-11-12-13-14-15-16-17-18-19-20-21-22-23-24-25(26)27/h2*2-24H2,1H3,(H,26,27). The molecule has 0 spiro atoms. The molecule has 0 amide bonds. The monoisotopic (exact) mass is 765 g/mol.